The lowest BCUT2D eigenvalue weighted by molar-refractivity contribution is 0.357. The number of aryl methyl sites for hydroxylation is 1. The number of anilines is 1. The molecule has 2 aromatic rings. The molecule has 2 heterocycles. The van der Waals surface area contributed by atoms with Crippen molar-refractivity contribution in [2.75, 3.05) is 12.3 Å². The van der Waals surface area contributed by atoms with E-state index in [1.807, 2.05) is 13.1 Å². The minimum atomic E-state index is 0.754. The molecule has 2 N–H and O–H groups in total. The molecule has 3 rings (SSSR count). The third-order valence-corrected chi connectivity index (χ3v) is 3.51. The standard InChI is InChI=1S/C14H17N3O/c1-3-11-13(16-17(2)14(11)15)10-4-5-12-9(8-10)6-7-18-12/h4-5,8H,3,6-7,15H2,1-2H3. The van der Waals surface area contributed by atoms with Crippen LogP contribution in [0.15, 0.2) is 18.2 Å². The van der Waals surface area contributed by atoms with Crippen molar-refractivity contribution in [3.63, 3.8) is 0 Å². The highest BCUT2D eigenvalue weighted by atomic mass is 16.5. The van der Waals surface area contributed by atoms with Gasteiger partial charge in [-0.3, -0.25) is 4.68 Å². The lowest BCUT2D eigenvalue weighted by Gasteiger charge is -2.03. The molecule has 0 unspecified atom stereocenters. The molecule has 1 aliphatic heterocycles. The summed E-state index contributed by atoms with van der Waals surface area (Å²) in [6.07, 6.45) is 1.87. The maximum absolute atomic E-state index is 6.04. The Kier molecular flexibility index (Phi) is 2.51. The number of nitrogen functional groups attached to an aromatic ring is 1. The molecule has 0 amide bonds. The molecule has 0 saturated carbocycles. The van der Waals surface area contributed by atoms with Gasteiger partial charge in [0, 0.05) is 24.6 Å². The zero-order chi connectivity index (χ0) is 12.7. The highest BCUT2D eigenvalue weighted by Gasteiger charge is 2.17. The van der Waals surface area contributed by atoms with Gasteiger partial charge in [0.1, 0.15) is 11.6 Å². The van der Waals surface area contributed by atoms with E-state index in [-0.39, 0.29) is 0 Å². The van der Waals surface area contributed by atoms with Crippen molar-refractivity contribution in [2.24, 2.45) is 7.05 Å². The molecule has 0 saturated heterocycles. The Morgan fingerprint density at radius 1 is 1.44 bits per heavy atom. The molecular weight excluding hydrogens is 226 g/mol. The van der Waals surface area contributed by atoms with E-state index in [9.17, 15) is 0 Å². The van der Waals surface area contributed by atoms with E-state index in [1.165, 1.54) is 5.56 Å². The minimum absolute atomic E-state index is 0.754. The number of aromatic nitrogens is 2. The fourth-order valence-electron chi connectivity index (χ4n) is 2.50. The van der Waals surface area contributed by atoms with E-state index in [2.05, 4.69) is 24.2 Å². The fourth-order valence-corrected chi connectivity index (χ4v) is 2.50. The number of fused-ring (bicyclic) bond motifs is 1. The molecule has 94 valence electrons. The van der Waals surface area contributed by atoms with Crippen LogP contribution in [0.25, 0.3) is 11.3 Å². The van der Waals surface area contributed by atoms with E-state index in [0.717, 1.165) is 47.8 Å². The second-order valence-corrected chi connectivity index (χ2v) is 4.61. The van der Waals surface area contributed by atoms with E-state index >= 15 is 0 Å². The molecule has 4 nitrogen and oxygen atoms in total. The predicted octanol–water partition coefficient (Wildman–Crippen LogP) is 2.17. The largest absolute Gasteiger partial charge is 0.493 e. The summed E-state index contributed by atoms with van der Waals surface area (Å²) >= 11 is 0. The van der Waals surface area contributed by atoms with Crippen molar-refractivity contribution in [1.29, 1.82) is 0 Å². The topological polar surface area (TPSA) is 53.1 Å². The van der Waals surface area contributed by atoms with Gasteiger partial charge in [0.15, 0.2) is 0 Å². The number of ether oxygens (including phenoxy) is 1. The Morgan fingerprint density at radius 3 is 3.06 bits per heavy atom. The summed E-state index contributed by atoms with van der Waals surface area (Å²) < 4.78 is 7.27. The van der Waals surface area contributed by atoms with Crippen molar-refractivity contribution in [3.8, 4) is 17.0 Å². The van der Waals surface area contributed by atoms with Crippen LogP contribution in [0, 0.1) is 0 Å². The van der Waals surface area contributed by atoms with Gasteiger partial charge in [0.25, 0.3) is 0 Å². The van der Waals surface area contributed by atoms with Gasteiger partial charge in [-0.05, 0) is 30.2 Å². The molecule has 1 aromatic heterocycles. The van der Waals surface area contributed by atoms with Crippen LogP contribution in [-0.4, -0.2) is 16.4 Å². The summed E-state index contributed by atoms with van der Waals surface area (Å²) in [4.78, 5) is 0. The van der Waals surface area contributed by atoms with Crippen molar-refractivity contribution >= 4 is 5.82 Å². The smallest absolute Gasteiger partial charge is 0.125 e. The lowest BCUT2D eigenvalue weighted by atomic mass is 10.0. The molecular formula is C14H17N3O. The Morgan fingerprint density at radius 2 is 2.28 bits per heavy atom. The van der Waals surface area contributed by atoms with Crippen molar-refractivity contribution < 1.29 is 4.74 Å². The van der Waals surface area contributed by atoms with Crippen LogP contribution in [0.5, 0.6) is 5.75 Å². The Bertz CT molecular complexity index is 601. The van der Waals surface area contributed by atoms with Crippen molar-refractivity contribution in [1.82, 2.24) is 9.78 Å². The van der Waals surface area contributed by atoms with Gasteiger partial charge in [-0.2, -0.15) is 5.10 Å². The first-order valence-electron chi connectivity index (χ1n) is 6.28. The number of rotatable bonds is 2. The second kappa shape index (κ2) is 4.05. The average molecular weight is 243 g/mol. The molecule has 18 heavy (non-hydrogen) atoms. The lowest BCUT2D eigenvalue weighted by Crippen LogP contribution is -1.98. The quantitative estimate of drug-likeness (QED) is 0.879. The summed E-state index contributed by atoms with van der Waals surface area (Å²) in [7, 11) is 1.88. The number of nitrogens with zero attached hydrogens (tertiary/aromatic N) is 2. The third kappa shape index (κ3) is 1.56. The van der Waals surface area contributed by atoms with Gasteiger partial charge in [-0.15, -0.1) is 0 Å². The van der Waals surface area contributed by atoms with Crippen LogP contribution in [0.4, 0.5) is 5.82 Å². The molecule has 0 bridgehead atoms. The van der Waals surface area contributed by atoms with Crippen LogP contribution in [0.2, 0.25) is 0 Å². The Balaban J connectivity index is 2.12. The highest BCUT2D eigenvalue weighted by Crippen LogP contribution is 2.33. The second-order valence-electron chi connectivity index (χ2n) is 4.61. The number of hydrogen-bond donors (Lipinski definition) is 1. The summed E-state index contributed by atoms with van der Waals surface area (Å²) in [5.41, 5.74) is 10.5. The van der Waals surface area contributed by atoms with Crippen LogP contribution >= 0.6 is 0 Å². The number of benzene rings is 1. The van der Waals surface area contributed by atoms with E-state index < -0.39 is 0 Å². The van der Waals surface area contributed by atoms with Crippen molar-refractivity contribution in [2.45, 2.75) is 19.8 Å². The molecule has 1 aromatic carbocycles. The Hall–Kier alpha value is -1.97. The van der Waals surface area contributed by atoms with Gasteiger partial charge in [0.2, 0.25) is 0 Å². The first-order valence-corrected chi connectivity index (χ1v) is 6.28. The summed E-state index contributed by atoms with van der Waals surface area (Å²) in [6, 6.07) is 6.26. The van der Waals surface area contributed by atoms with E-state index in [4.69, 9.17) is 10.5 Å². The van der Waals surface area contributed by atoms with Gasteiger partial charge >= 0.3 is 0 Å². The Labute approximate surface area is 106 Å². The maximum Gasteiger partial charge on any atom is 0.125 e. The molecule has 0 atom stereocenters. The summed E-state index contributed by atoms with van der Waals surface area (Å²) in [5.74, 6) is 1.75. The van der Waals surface area contributed by atoms with E-state index in [1.54, 1.807) is 4.68 Å². The predicted molar refractivity (Wildman–Crippen MR) is 71.6 cm³/mol. The molecule has 1 aliphatic rings. The summed E-state index contributed by atoms with van der Waals surface area (Å²) in [6.45, 7) is 2.89. The first-order chi connectivity index (χ1) is 8.70. The highest BCUT2D eigenvalue weighted by molar-refractivity contribution is 5.70. The van der Waals surface area contributed by atoms with Crippen LogP contribution in [0.3, 0.4) is 0 Å². The zero-order valence-electron chi connectivity index (χ0n) is 10.7. The summed E-state index contributed by atoms with van der Waals surface area (Å²) in [5, 5.41) is 4.53. The van der Waals surface area contributed by atoms with Gasteiger partial charge in [-0.1, -0.05) is 6.92 Å². The monoisotopic (exact) mass is 243 g/mol. The molecule has 4 heteroatoms. The van der Waals surface area contributed by atoms with E-state index in [0.29, 0.717) is 0 Å². The van der Waals surface area contributed by atoms with Crippen LogP contribution in [0.1, 0.15) is 18.1 Å². The normalized spacial score (nSPS) is 13.4. The minimum Gasteiger partial charge on any atom is -0.493 e. The van der Waals surface area contributed by atoms with Gasteiger partial charge < -0.3 is 10.5 Å². The van der Waals surface area contributed by atoms with Crippen molar-refractivity contribution in [3.05, 3.63) is 29.3 Å². The molecule has 0 radical (unpaired) electrons. The zero-order valence-corrected chi connectivity index (χ0v) is 10.7. The fraction of sp³-hybridized carbons (Fsp3) is 0.357. The number of nitrogens with two attached hydrogens (primary N) is 1. The molecule has 0 fully saturated rings. The van der Waals surface area contributed by atoms with Crippen LogP contribution in [-0.2, 0) is 19.9 Å². The van der Waals surface area contributed by atoms with Crippen LogP contribution < -0.4 is 10.5 Å². The molecule has 0 aliphatic carbocycles. The third-order valence-electron chi connectivity index (χ3n) is 3.51. The molecule has 0 spiro atoms. The average Bonchev–Trinajstić information content (AvgIpc) is 2.94. The first kappa shape index (κ1) is 11.1. The SMILES string of the molecule is CCc1c(-c2ccc3c(c2)CCO3)nn(C)c1N. The van der Waals surface area contributed by atoms with Gasteiger partial charge in [0.05, 0.1) is 12.3 Å². The maximum atomic E-state index is 6.04. The van der Waals surface area contributed by atoms with Gasteiger partial charge in [-0.25, -0.2) is 0 Å². The number of hydrogen-bond acceptors (Lipinski definition) is 3.